The van der Waals surface area contributed by atoms with Crippen molar-refractivity contribution in [2.75, 3.05) is 6.61 Å². The Morgan fingerprint density at radius 1 is 0.759 bits per heavy atom. The molecule has 54 heavy (non-hydrogen) atoms. The lowest BCUT2D eigenvalue weighted by Gasteiger charge is -2.62. The topological polar surface area (TPSA) is 137 Å². The third-order valence-electron chi connectivity index (χ3n) is 14.0. The van der Waals surface area contributed by atoms with Gasteiger partial charge in [-0.1, -0.05) is 71.9 Å². The lowest BCUT2D eigenvalue weighted by molar-refractivity contribution is -0.186. The van der Waals surface area contributed by atoms with Crippen LogP contribution >= 0.6 is 0 Å². The van der Waals surface area contributed by atoms with Crippen LogP contribution in [-0.2, 0) is 40.0 Å². The minimum atomic E-state index is -1.01. The van der Waals surface area contributed by atoms with Gasteiger partial charge in [-0.3, -0.25) is 9.59 Å². The highest BCUT2D eigenvalue weighted by Crippen LogP contribution is 2.68. The van der Waals surface area contributed by atoms with Gasteiger partial charge in [0.15, 0.2) is 6.61 Å². The number of carbonyl (C=O) groups is 5. The van der Waals surface area contributed by atoms with E-state index in [9.17, 15) is 24.0 Å². The predicted octanol–water partition coefficient (Wildman–Crippen LogP) is 7.95. The molecule has 300 valence electrons. The van der Waals surface area contributed by atoms with Crippen molar-refractivity contribution in [3.8, 4) is 0 Å². The predicted molar refractivity (Wildman–Crippen MR) is 206 cm³/mol. The van der Waals surface area contributed by atoms with Crippen LogP contribution in [0.1, 0.15) is 132 Å². The molecule has 4 fully saturated rings. The van der Waals surface area contributed by atoms with Crippen LogP contribution in [0.4, 0.5) is 4.79 Å². The fraction of sp³-hybridized carbons (Fsp3) is 0.750. The summed E-state index contributed by atoms with van der Waals surface area (Å²) in [5, 5.41) is 5.43. The van der Waals surface area contributed by atoms with Crippen molar-refractivity contribution in [1.29, 1.82) is 0 Å². The SMILES string of the molecule is CC(=O)[C@H]1CC[C@H]2[C@@H]3CC[C@H]4C[C@](C)(OC(=O)COC(=O)[C@H](CC(C)C)NC(=O)[C@H](CC(C)C)NC(=O)OCc5ccccc5)CC[C@]4(C)[C@H]3CC[C@]12C. The van der Waals surface area contributed by atoms with Gasteiger partial charge in [-0.05, 0) is 136 Å². The maximum absolute atomic E-state index is 13.5. The largest absolute Gasteiger partial charge is 0.457 e. The van der Waals surface area contributed by atoms with E-state index in [2.05, 4.69) is 24.5 Å². The normalized spacial score (nSPS) is 32.7. The molecule has 1 aromatic carbocycles. The molecule has 0 unspecified atom stereocenters. The molecule has 2 N–H and O–H groups in total. The van der Waals surface area contributed by atoms with Crippen LogP contribution in [0.25, 0.3) is 0 Å². The summed E-state index contributed by atoms with van der Waals surface area (Å²) in [7, 11) is 0. The molecule has 0 bridgehead atoms. The maximum atomic E-state index is 13.5. The first-order chi connectivity index (χ1) is 25.4. The monoisotopic (exact) mass is 750 g/mol. The first-order valence-electron chi connectivity index (χ1n) is 20.6. The van der Waals surface area contributed by atoms with E-state index in [0.717, 1.165) is 50.5 Å². The number of hydrogen-bond acceptors (Lipinski definition) is 8. The number of alkyl carbamates (subject to hydrolysis) is 1. The number of esters is 2. The third-order valence-corrected chi connectivity index (χ3v) is 14.0. The average Bonchev–Trinajstić information content (AvgIpc) is 3.47. The van der Waals surface area contributed by atoms with Gasteiger partial charge in [-0.25, -0.2) is 14.4 Å². The highest BCUT2D eigenvalue weighted by atomic mass is 16.6. The van der Waals surface area contributed by atoms with Crippen LogP contribution in [0.15, 0.2) is 30.3 Å². The highest BCUT2D eigenvalue weighted by molar-refractivity contribution is 5.90. The Morgan fingerprint density at radius 3 is 2.09 bits per heavy atom. The highest BCUT2D eigenvalue weighted by Gasteiger charge is 2.62. The molecule has 2 amide bonds. The average molecular weight is 751 g/mol. The molecule has 0 heterocycles. The van der Waals surface area contributed by atoms with Crippen molar-refractivity contribution in [2.24, 2.45) is 52.3 Å². The molecule has 5 rings (SSSR count). The minimum Gasteiger partial charge on any atom is -0.457 e. The Labute approximate surface area is 323 Å². The van der Waals surface area contributed by atoms with Crippen LogP contribution in [0.2, 0.25) is 0 Å². The van der Waals surface area contributed by atoms with Crippen LogP contribution in [0, 0.1) is 52.3 Å². The Kier molecular flexibility index (Phi) is 13.3. The molecule has 0 aliphatic heterocycles. The van der Waals surface area contributed by atoms with Gasteiger partial charge < -0.3 is 24.8 Å². The van der Waals surface area contributed by atoms with Crippen LogP contribution in [-0.4, -0.2) is 54.0 Å². The summed E-state index contributed by atoms with van der Waals surface area (Å²) in [6.45, 7) is 15.9. The number of fused-ring (bicyclic) bond motifs is 5. The number of ether oxygens (including phenoxy) is 3. The molecular formula is C44H66N2O8. The molecule has 0 spiro atoms. The zero-order valence-electron chi connectivity index (χ0n) is 34.0. The molecular weight excluding hydrogens is 684 g/mol. The zero-order chi connectivity index (χ0) is 39.4. The molecule has 10 atom stereocenters. The van der Waals surface area contributed by atoms with E-state index in [4.69, 9.17) is 14.2 Å². The Morgan fingerprint density at radius 2 is 1.43 bits per heavy atom. The molecule has 0 saturated heterocycles. The fourth-order valence-electron chi connectivity index (χ4n) is 11.3. The number of nitrogens with one attached hydrogen (secondary N) is 2. The summed E-state index contributed by atoms with van der Waals surface area (Å²) >= 11 is 0. The molecule has 10 nitrogen and oxygen atoms in total. The zero-order valence-corrected chi connectivity index (χ0v) is 34.0. The molecule has 4 aliphatic carbocycles. The minimum absolute atomic E-state index is 0.0369. The molecule has 0 radical (unpaired) electrons. The van der Waals surface area contributed by atoms with Gasteiger partial charge in [0.25, 0.3) is 0 Å². The maximum Gasteiger partial charge on any atom is 0.408 e. The van der Waals surface area contributed by atoms with Gasteiger partial charge in [0.05, 0.1) is 0 Å². The van der Waals surface area contributed by atoms with E-state index in [-0.39, 0.29) is 35.2 Å². The van der Waals surface area contributed by atoms with Crippen molar-refractivity contribution >= 4 is 29.7 Å². The summed E-state index contributed by atoms with van der Waals surface area (Å²) < 4.78 is 16.9. The molecule has 0 aromatic heterocycles. The lowest BCUT2D eigenvalue weighted by Crippen LogP contribution is -2.56. The van der Waals surface area contributed by atoms with E-state index in [1.165, 1.54) is 12.8 Å². The Bertz CT molecular complexity index is 1510. The molecule has 4 saturated carbocycles. The van der Waals surface area contributed by atoms with Gasteiger partial charge in [0, 0.05) is 5.92 Å². The number of Topliss-reactive ketones (excluding diaryl/α,β-unsaturated/α-hetero) is 1. The second kappa shape index (κ2) is 17.2. The van der Waals surface area contributed by atoms with E-state index in [1.54, 1.807) is 6.92 Å². The summed E-state index contributed by atoms with van der Waals surface area (Å²) in [4.78, 5) is 65.3. The quantitative estimate of drug-likeness (QED) is 0.144. The number of hydrogen-bond donors (Lipinski definition) is 2. The lowest BCUT2D eigenvalue weighted by atomic mass is 9.44. The summed E-state index contributed by atoms with van der Waals surface area (Å²) in [6.07, 6.45) is 9.18. The molecule has 4 aliphatic rings. The Balaban J connectivity index is 1.13. The molecule has 10 heteroatoms. The van der Waals surface area contributed by atoms with Gasteiger partial charge in [-0.2, -0.15) is 0 Å². The van der Waals surface area contributed by atoms with Gasteiger partial charge in [0.1, 0.15) is 30.1 Å². The van der Waals surface area contributed by atoms with Crippen molar-refractivity contribution in [1.82, 2.24) is 10.6 Å². The second-order valence-electron chi connectivity index (χ2n) is 18.8. The molecule has 1 aromatic rings. The van der Waals surface area contributed by atoms with E-state index >= 15 is 0 Å². The standard InChI is InChI=1S/C44H66N2O8/c1-27(2)22-36(46-41(51)53-25-30-12-10-9-11-13-30)39(49)45-37(23-28(3)4)40(50)52-26-38(48)54-42(6)20-21-43(7)31(24-42)14-15-32-34-17-16-33(29(5)47)44(34,8)19-18-35(32)43/h9-13,27-28,31-37H,14-26H2,1-8H3,(H,45,49)(H,46,51)/t31-,32-,33+,34-,35-,36-,37-,42+,43-,44+/m0/s1. The smallest absolute Gasteiger partial charge is 0.408 e. The van der Waals surface area contributed by atoms with Gasteiger partial charge >= 0.3 is 18.0 Å². The summed E-state index contributed by atoms with van der Waals surface area (Å²) in [5.41, 5.74) is 0.486. The van der Waals surface area contributed by atoms with Gasteiger partial charge in [-0.15, -0.1) is 0 Å². The first kappa shape index (κ1) is 41.7. The van der Waals surface area contributed by atoms with E-state index in [1.807, 2.05) is 65.0 Å². The van der Waals surface area contributed by atoms with E-state index in [0.29, 0.717) is 42.3 Å². The number of carbonyl (C=O) groups excluding carboxylic acids is 5. The summed E-state index contributed by atoms with van der Waals surface area (Å²) in [5.74, 6) is 1.19. The number of rotatable bonds is 14. The number of ketones is 1. The van der Waals surface area contributed by atoms with Crippen LogP contribution in [0.3, 0.4) is 0 Å². The first-order valence-corrected chi connectivity index (χ1v) is 20.6. The van der Waals surface area contributed by atoms with Crippen molar-refractivity contribution < 1.29 is 38.2 Å². The van der Waals surface area contributed by atoms with Crippen molar-refractivity contribution in [3.05, 3.63) is 35.9 Å². The second-order valence-corrected chi connectivity index (χ2v) is 18.8. The summed E-state index contributed by atoms with van der Waals surface area (Å²) in [6, 6.07) is 7.32. The van der Waals surface area contributed by atoms with Crippen molar-refractivity contribution in [2.45, 2.75) is 150 Å². The van der Waals surface area contributed by atoms with Crippen LogP contribution < -0.4 is 10.6 Å². The van der Waals surface area contributed by atoms with Crippen molar-refractivity contribution in [3.63, 3.8) is 0 Å². The number of amides is 2. The fourth-order valence-corrected chi connectivity index (χ4v) is 11.3. The number of benzene rings is 1. The van der Waals surface area contributed by atoms with E-state index < -0.39 is 48.2 Å². The third kappa shape index (κ3) is 9.50. The Hall–Kier alpha value is -3.43. The van der Waals surface area contributed by atoms with Gasteiger partial charge in [0.2, 0.25) is 5.91 Å². The van der Waals surface area contributed by atoms with Crippen LogP contribution in [0.5, 0.6) is 0 Å².